The Morgan fingerprint density at radius 1 is 1.04 bits per heavy atom. The van der Waals surface area contributed by atoms with Crippen LogP contribution < -0.4 is 0 Å². The Labute approximate surface area is 142 Å². The highest BCUT2D eigenvalue weighted by Crippen LogP contribution is 2.67. The van der Waals surface area contributed by atoms with E-state index < -0.39 is 0 Å². The van der Waals surface area contributed by atoms with Crippen molar-refractivity contribution in [1.82, 2.24) is 0 Å². The summed E-state index contributed by atoms with van der Waals surface area (Å²) in [7, 11) is 0. The van der Waals surface area contributed by atoms with Gasteiger partial charge in [-0.25, -0.2) is 0 Å². The minimum atomic E-state index is -0.0101. The van der Waals surface area contributed by atoms with E-state index in [9.17, 15) is 5.11 Å². The molecule has 4 aliphatic rings. The van der Waals surface area contributed by atoms with Gasteiger partial charge in [0, 0.05) is 0 Å². The maximum Gasteiger partial charge on any atom is 0.0543 e. The molecule has 1 N–H and O–H groups in total. The quantitative estimate of drug-likeness (QED) is 0.613. The summed E-state index contributed by atoms with van der Waals surface area (Å²) < 4.78 is 0. The van der Waals surface area contributed by atoms with Crippen LogP contribution in [-0.4, -0.2) is 11.2 Å². The third-order valence-electron chi connectivity index (χ3n) is 8.94. The lowest BCUT2D eigenvalue weighted by atomic mass is 9.45. The maximum absolute atomic E-state index is 10.1. The second-order valence-electron chi connectivity index (χ2n) is 9.72. The molecule has 0 aromatic carbocycles. The van der Waals surface area contributed by atoms with Crippen molar-refractivity contribution < 1.29 is 5.11 Å². The first-order valence-corrected chi connectivity index (χ1v) is 10.4. The number of hydrogen-bond acceptors (Lipinski definition) is 1. The van der Waals surface area contributed by atoms with Crippen molar-refractivity contribution in [1.29, 1.82) is 0 Å². The summed E-state index contributed by atoms with van der Waals surface area (Å²) in [5, 5.41) is 10.1. The van der Waals surface area contributed by atoms with Crippen molar-refractivity contribution in [3.8, 4) is 0 Å². The third-order valence-corrected chi connectivity index (χ3v) is 8.94. The molecule has 0 spiro atoms. The van der Waals surface area contributed by atoms with Gasteiger partial charge in [0.2, 0.25) is 0 Å². The molecule has 4 saturated carbocycles. The fraction of sp³-hybridized carbons (Fsp3) is 0.909. The van der Waals surface area contributed by atoms with Crippen molar-refractivity contribution in [3.63, 3.8) is 0 Å². The smallest absolute Gasteiger partial charge is 0.0543 e. The molecular formula is C22H36O. The molecule has 0 aromatic heterocycles. The second kappa shape index (κ2) is 5.61. The van der Waals surface area contributed by atoms with Gasteiger partial charge in [0.1, 0.15) is 0 Å². The van der Waals surface area contributed by atoms with Crippen LogP contribution in [0.15, 0.2) is 11.6 Å². The molecule has 0 amide bonds. The minimum Gasteiger partial charge on any atom is -0.393 e. The summed E-state index contributed by atoms with van der Waals surface area (Å²) in [6.07, 6.45) is 15.7. The van der Waals surface area contributed by atoms with Crippen molar-refractivity contribution in [2.75, 3.05) is 0 Å². The molecule has 4 fully saturated rings. The van der Waals surface area contributed by atoms with E-state index >= 15 is 0 Å². The van der Waals surface area contributed by atoms with E-state index in [1.165, 1.54) is 51.4 Å². The highest BCUT2D eigenvalue weighted by Gasteiger charge is 2.58. The summed E-state index contributed by atoms with van der Waals surface area (Å²) in [6.45, 7) is 7.50. The lowest BCUT2D eigenvalue weighted by Crippen LogP contribution is -2.53. The number of aliphatic hydroxyl groups is 1. The van der Waals surface area contributed by atoms with Gasteiger partial charge in [0.25, 0.3) is 0 Å². The predicted octanol–water partition coefficient (Wildman–Crippen LogP) is 5.73. The molecule has 1 heteroatoms. The molecule has 0 aliphatic heterocycles. The van der Waals surface area contributed by atoms with Crippen LogP contribution in [0.1, 0.15) is 85.0 Å². The van der Waals surface area contributed by atoms with Gasteiger partial charge in [0.05, 0.1) is 6.10 Å². The Morgan fingerprint density at radius 2 is 1.87 bits per heavy atom. The standard InChI is InChI=1S/C22H36O/c1-4-5-15-7-9-19-18-8-6-16-14-17(23)10-12-22(16,3)20(18)11-13-21(15,19)2/h5,16-20,23H,4,6-14H2,1-3H3/b15-5-/t16-,17-,18?,19?,20?,21+,22-/m0/s1. The van der Waals surface area contributed by atoms with Crippen LogP contribution in [0.2, 0.25) is 0 Å². The molecule has 3 unspecified atom stereocenters. The van der Waals surface area contributed by atoms with E-state index in [0.29, 0.717) is 10.8 Å². The van der Waals surface area contributed by atoms with Crippen LogP contribution in [0, 0.1) is 34.5 Å². The van der Waals surface area contributed by atoms with Crippen molar-refractivity contribution in [3.05, 3.63) is 11.6 Å². The molecule has 1 nitrogen and oxygen atoms in total. The summed E-state index contributed by atoms with van der Waals surface area (Å²) in [4.78, 5) is 0. The van der Waals surface area contributed by atoms with E-state index in [1.807, 2.05) is 0 Å². The maximum atomic E-state index is 10.1. The predicted molar refractivity (Wildman–Crippen MR) is 96.1 cm³/mol. The van der Waals surface area contributed by atoms with E-state index in [-0.39, 0.29) is 6.10 Å². The van der Waals surface area contributed by atoms with Gasteiger partial charge in [0.15, 0.2) is 0 Å². The Kier molecular flexibility index (Phi) is 3.95. The first kappa shape index (κ1) is 16.2. The molecule has 0 bridgehead atoms. The number of hydrogen-bond donors (Lipinski definition) is 1. The number of fused-ring (bicyclic) bond motifs is 5. The first-order chi connectivity index (χ1) is 11.0. The van der Waals surface area contributed by atoms with Crippen LogP contribution in [0.25, 0.3) is 0 Å². The summed E-state index contributed by atoms with van der Waals surface area (Å²) in [5.41, 5.74) is 2.85. The van der Waals surface area contributed by atoms with Gasteiger partial charge in [-0.2, -0.15) is 0 Å². The average Bonchev–Trinajstić information content (AvgIpc) is 2.85. The van der Waals surface area contributed by atoms with Gasteiger partial charge in [-0.1, -0.05) is 32.4 Å². The molecule has 0 saturated heterocycles. The summed E-state index contributed by atoms with van der Waals surface area (Å²) in [6, 6.07) is 0. The zero-order chi connectivity index (χ0) is 16.2. The lowest BCUT2D eigenvalue weighted by Gasteiger charge is -2.60. The van der Waals surface area contributed by atoms with Gasteiger partial charge in [-0.15, -0.1) is 0 Å². The monoisotopic (exact) mass is 316 g/mol. The Bertz CT molecular complexity index is 494. The van der Waals surface area contributed by atoms with E-state index in [0.717, 1.165) is 36.5 Å². The lowest BCUT2D eigenvalue weighted by molar-refractivity contribution is -0.116. The second-order valence-corrected chi connectivity index (χ2v) is 9.72. The van der Waals surface area contributed by atoms with Crippen LogP contribution in [0.4, 0.5) is 0 Å². The fourth-order valence-corrected chi connectivity index (χ4v) is 7.66. The summed E-state index contributed by atoms with van der Waals surface area (Å²) in [5.74, 6) is 3.65. The zero-order valence-electron chi connectivity index (χ0n) is 15.5. The SMILES string of the molecule is CC/C=C1/CCC2C3CC[C@H]4C[C@@H](O)CC[C@]4(C)C3CC[C@]12C. The van der Waals surface area contributed by atoms with Crippen molar-refractivity contribution >= 4 is 0 Å². The zero-order valence-corrected chi connectivity index (χ0v) is 15.5. The average molecular weight is 317 g/mol. The van der Waals surface area contributed by atoms with Gasteiger partial charge < -0.3 is 5.11 Å². The third kappa shape index (κ3) is 2.29. The molecular weight excluding hydrogens is 280 g/mol. The molecule has 23 heavy (non-hydrogen) atoms. The molecule has 0 radical (unpaired) electrons. The minimum absolute atomic E-state index is 0.0101. The molecule has 130 valence electrons. The van der Waals surface area contributed by atoms with Crippen molar-refractivity contribution in [2.24, 2.45) is 34.5 Å². The molecule has 0 aromatic rings. The Morgan fingerprint density at radius 3 is 2.65 bits per heavy atom. The van der Waals surface area contributed by atoms with Crippen LogP contribution in [0.3, 0.4) is 0 Å². The number of aliphatic hydroxyl groups excluding tert-OH is 1. The highest BCUT2D eigenvalue weighted by molar-refractivity contribution is 5.24. The van der Waals surface area contributed by atoms with Crippen molar-refractivity contribution in [2.45, 2.75) is 91.1 Å². The summed E-state index contributed by atoms with van der Waals surface area (Å²) >= 11 is 0. The van der Waals surface area contributed by atoms with Gasteiger partial charge >= 0.3 is 0 Å². The first-order valence-electron chi connectivity index (χ1n) is 10.4. The normalized spacial score (nSPS) is 54.4. The molecule has 0 heterocycles. The Balaban J connectivity index is 1.62. The van der Waals surface area contributed by atoms with Crippen LogP contribution in [-0.2, 0) is 0 Å². The van der Waals surface area contributed by atoms with E-state index in [1.54, 1.807) is 5.57 Å². The molecule has 4 rings (SSSR count). The van der Waals surface area contributed by atoms with Gasteiger partial charge in [-0.3, -0.25) is 0 Å². The molecule has 4 aliphatic carbocycles. The number of allylic oxidation sites excluding steroid dienone is 2. The van der Waals surface area contributed by atoms with Crippen LogP contribution >= 0.6 is 0 Å². The highest BCUT2D eigenvalue weighted by atomic mass is 16.3. The van der Waals surface area contributed by atoms with E-state index in [4.69, 9.17) is 0 Å². The van der Waals surface area contributed by atoms with Gasteiger partial charge in [-0.05, 0) is 98.7 Å². The van der Waals surface area contributed by atoms with E-state index in [2.05, 4.69) is 26.8 Å². The fourth-order valence-electron chi connectivity index (χ4n) is 7.66. The Hall–Kier alpha value is -0.300. The van der Waals surface area contributed by atoms with Crippen LogP contribution in [0.5, 0.6) is 0 Å². The largest absolute Gasteiger partial charge is 0.393 e. The molecule has 7 atom stereocenters. The number of rotatable bonds is 1. The topological polar surface area (TPSA) is 20.2 Å².